The summed E-state index contributed by atoms with van der Waals surface area (Å²) in [7, 11) is 3.57. The molecule has 0 radical (unpaired) electrons. The second kappa shape index (κ2) is 8.58. The Labute approximate surface area is 157 Å². The Morgan fingerprint density at radius 1 is 1.30 bits per heavy atom. The normalized spacial score (nSPS) is 17.0. The number of nitrogens with zero attached hydrogens (tertiary/aromatic N) is 3. The molecule has 2 aromatic rings. The molecule has 0 bridgehead atoms. The number of hydrogen-bond acceptors (Lipinski definition) is 4. The van der Waals surface area contributed by atoms with E-state index in [0.717, 1.165) is 43.1 Å². The molecule has 0 saturated carbocycles. The van der Waals surface area contributed by atoms with Gasteiger partial charge in [-0.3, -0.25) is 14.4 Å². The van der Waals surface area contributed by atoms with E-state index in [1.54, 1.807) is 24.0 Å². The van der Waals surface area contributed by atoms with Crippen LogP contribution in [0.25, 0.3) is 0 Å². The Morgan fingerprint density at radius 2 is 2.04 bits per heavy atom. The van der Waals surface area contributed by atoms with Gasteiger partial charge < -0.3 is 10.6 Å². The summed E-state index contributed by atoms with van der Waals surface area (Å²) in [6.45, 7) is 2.16. The molecule has 1 saturated heterocycles. The zero-order chi connectivity index (χ0) is 19.4. The molecular weight excluding hydrogens is 352 g/mol. The standard InChI is InChI=1S/C19H25F2N5O/c1-22-18(14-10-23-25(2)12-14)19(27)24-15-5-7-26(8-6-15)11-13-3-4-16(20)17(21)9-13/h3-4,9-10,12,15,18,22H,5-8,11H2,1-2H3,(H,24,27). The molecule has 1 aromatic carbocycles. The van der Waals surface area contributed by atoms with Gasteiger partial charge >= 0.3 is 0 Å². The molecule has 2 heterocycles. The number of carbonyl (C=O) groups is 1. The van der Waals surface area contributed by atoms with E-state index in [4.69, 9.17) is 0 Å². The lowest BCUT2D eigenvalue weighted by molar-refractivity contribution is -0.124. The zero-order valence-electron chi connectivity index (χ0n) is 15.6. The van der Waals surface area contributed by atoms with Gasteiger partial charge in [-0.25, -0.2) is 8.78 Å². The number of likely N-dealkylation sites (tertiary alicyclic amines) is 1. The van der Waals surface area contributed by atoms with Gasteiger partial charge in [0.25, 0.3) is 0 Å². The van der Waals surface area contributed by atoms with Gasteiger partial charge in [-0.2, -0.15) is 5.10 Å². The first-order chi connectivity index (χ1) is 13.0. The maximum Gasteiger partial charge on any atom is 0.242 e. The van der Waals surface area contributed by atoms with Crippen molar-refractivity contribution in [3.63, 3.8) is 0 Å². The van der Waals surface area contributed by atoms with E-state index in [1.807, 2.05) is 13.2 Å². The van der Waals surface area contributed by atoms with E-state index >= 15 is 0 Å². The Balaban J connectivity index is 1.50. The summed E-state index contributed by atoms with van der Waals surface area (Å²) in [6.07, 6.45) is 5.15. The fourth-order valence-corrected chi connectivity index (χ4v) is 3.45. The third-order valence-electron chi connectivity index (χ3n) is 4.93. The van der Waals surface area contributed by atoms with Gasteiger partial charge in [-0.1, -0.05) is 6.07 Å². The van der Waals surface area contributed by atoms with Gasteiger partial charge in [0, 0.05) is 44.5 Å². The summed E-state index contributed by atoms with van der Waals surface area (Å²) in [5, 5.41) is 10.3. The van der Waals surface area contributed by atoms with Crippen molar-refractivity contribution in [1.29, 1.82) is 0 Å². The quantitative estimate of drug-likeness (QED) is 0.805. The third-order valence-corrected chi connectivity index (χ3v) is 4.93. The Bertz CT molecular complexity index is 786. The lowest BCUT2D eigenvalue weighted by atomic mass is 10.0. The van der Waals surface area contributed by atoms with Crippen LogP contribution in [0.3, 0.4) is 0 Å². The Hall–Kier alpha value is -2.32. The number of aryl methyl sites for hydroxylation is 1. The number of carbonyl (C=O) groups excluding carboxylic acids is 1. The highest BCUT2D eigenvalue weighted by molar-refractivity contribution is 5.83. The highest BCUT2D eigenvalue weighted by Crippen LogP contribution is 2.17. The summed E-state index contributed by atoms with van der Waals surface area (Å²) >= 11 is 0. The van der Waals surface area contributed by atoms with E-state index in [-0.39, 0.29) is 11.9 Å². The summed E-state index contributed by atoms with van der Waals surface area (Å²) < 4.78 is 28.0. The highest BCUT2D eigenvalue weighted by atomic mass is 19.2. The fourth-order valence-electron chi connectivity index (χ4n) is 3.45. The lowest BCUT2D eigenvalue weighted by Crippen LogP contribution is -2.47. The third kappa shape index (κ3) is 4.90. The number of aromatic nitrogens is 2. The molecule has 1 unspecified atom stereocenters. The largest absolute Gasteiger partial charge is 0.352 e. The Kier molecular flexibility index (Phi) is 6.18. The second-order valence-electron chi connectivity index (χ2n) is 6.98. The number of hydrogen-bond donors (Lipinski definition) is 2. The molecule has 27 heavy (non-hydrogen) atoms. The van der Waals surface area contributed by atoms with Gasteiger partial charge in [0.2, 0.25) is 5.91 Å². The summed E-state index contributed by atoms with van der Waals surface area (Å²) in [4.78, 5) is 14.8. The van der Waals surface area contributed by atoms with Crippen LogP contribution in [0.15, 0.2) is 30.6 Å². The average Bonchev–Trinajstić information content (AvgIpc) is 3.06. The van der Waals surface area contributed by atoms with Gasteiger partial charge in [-0.15, -0.1) is 0 Å². The molecule has 8 heteroatoms. The van der Waals surface area contributed by atoms with Gasteiger partial charge in [0.05, 0.1) is 6.20 Å². The van der Waals surface area contributed by atoms with E-state index in [0.29, 0.717) is 6.54 Å². The van der Waals surface area contributed by atoms with Crippen LogP contribution < -0.4 is 10.6 Å². The van der Waals surface area contributed by atoms with Crippen molar-refractivity contribution in [3.05, 3.63) is 53.4 Å². The molecule has 0 spiro atoms. The van der Waals surface area contributed by atoms with Crippen molar-refractivity contribution < 1.29 is 13.6 Å². The topological polar surface area (TPSA) is 62.2 Å². The van der Waals surface area contributed by atoms with Crippen LogP contribution in [0, 0.1) is 11.6 Å². The van der Waals surface area contributed by atoms with Crippen LogP contribution in [-0.2, 0) is 18.4 Å². The monoisotopic (exact) mass is 377 g/mol. The number of nitrogens with one attached hydrogen (secondary N) is 2. The fraction of sp³-hybridized carbons (Fsp3) is 0.474. The predicted molar refractivity (Wildman–Crippen MR) is 97.8 cm³/mol. The predicted octanol–water partition coefficient (Wildman–Crippen LogP) is 1.74. The number of amides is 1. The first kappa shape index (κ1) is 19.4. The van der Waals surface area contributed by atoms with Crippen LogP contribution in [-0.4, -0.2) is 46.8 Å². The molecule has 1 aromatic heterocycles. The minimum atomic E-state index is -0.826. The molecule has 1 fully saturated rings. The zero-order valence-corrected chi connectivity index (χ0v) is 15.6. The van der Waals surface area contributed by atoms with Crippen molar-refractivity contribution >= 4 is 5.91 Å². The smallest absolute Gasteiger partial charge is 0.242 e. The molecule has 1 amide bonds. The molecule has 1 atom stereocenters. The summed E-state index contributed by atoms with van der Waals surface area (Å²) in [5.41, 5.74) is 1.58. The first-order valence-corrected chi connectivity index (χ1v) is 9.08. The minimum absolute atomic E-state index is 0.0652. The van der Waals surface area contributed by atoms with Crippen molar-refractivity contribution in [1.82, 2.24) is 25.3 Å². The maximum absolute atomic E-state index is 13.3. The van der Waals surface area contributed by atoms with E-state index in [2.05, 4.69) is 20.6 Å². The number of rotatable bonds is 6. The van der Waals surface area contributed by atoms with Crippen LogP contribution in [0.2, 0.25) is 0 Å². The van der Waals surface area contributed by atoms with Crippen molar-refractivity contribution in [2.24, 2.45) is 7.05 Å². The highest BCUT2D eigenvalue weighted by Gasteiger charge is 2.25. The number of benzene rings is 1. The van der Waals surface area contributed by atoms with Crippen LogP contribution in [0.4, 0.5) is 8.78 Å². The van der Waals surface area contributed by atoms with Gasteiger partial charge in [0.15, 0.2) is 11.6 Å². The van der Waals surface area contributed by atoms with E-state index in [1.165, 1.54) is 6.07 Å². The molecule has 6 nitrogen and oxygen atoms in total. The minimum Gasteiger partial charge on any atom is -0.352 e. The maximum atomic E-state index is 13.3. The second-order valence-corrected chi connectivity index (χ2v) is 6.98. The molecule has 1 aliphatic rings. The van der Waals surface area contributed by atoms with Crippen molar-refractivity contribution in [3.8, 4) is 0 Å². The average molecular weight is 377 g/mol. The molecule has 3 rings (SSSR count). The molecule has 0 aliphatic carbocycles. The number of halogens is 2. The molecule has 1 aliphatic heterocycles. The van der Waals surface area contributed by atoms with E-state index < -0.39 is 17.7 Å². The van der Waals surface area contributed by atoms with Gasteiger partial charge in [0.1, 0.15) is 6.04 Å². The van der Waals surface area contributed by atoms with Crippen LogP contribution in [0.5, 0.6) is 0 Å². The van der Waals surface area contributed by atoms with E-state index in [9.17, 15) is 13.6 Å². The summed E-state index contributed by atoms with van der Waals surface area (Å²) in [5.74, 6) is -1.71. The number of piperidine rings is 1. The van der Waals surface area contributed by atoms with Crippen LogP contribution >= 0.6 is 0 Å². The van der Waals surface area contributed by atoms with Crippen LogP contribution in [0.1, 0.15) is 30.0 Å². The molecule has 2 N–H and O–H groups in total. The first-order valence-electron chi connectivity index (χ1n) is 9.08. The van der Waals surface area contributed by atoms with Crippen molar-refractivity contribution in [2.45, 2.75) is 31.5 Å². The lowest BCUT2D eigenvalue weighted by Gasteiger charge is -2.33. The summed E-state index contributed by atoms with van der Waals surface area (Å²) in [6, 6.07) is 3.69. The molecule has 146 valence electrons. The van der Waals surface area contributed by atoms with Gasteiger partial charge in [-0.05, 0) is 37.6 Å². The Morgan fingerprint density at radius 3 is 2.63 bits per heavy atom. The van der Waals surface area contributed by atoms with Crippen molar-refractivity contribution in [2.75, 3.05) is 20.1 Å². The SMILES string of the molecule is CNC(C(=O)NC1CCN(Cc2ccc(F)c(F)c2)CC1)c1cnn(C)c1. The number of likely N-dealkylation sites (N-methyl/N-ethyl adjacent to an activating group) is 1. The molecular formula is C19H25F2N5O.